The maximum Gasteiger partial charge on any atom is 0.223 e. The molecule has 0 unspecified atom stereocenters. The highest BCUT2D eigenvalue weighted by atomic mass is 79.9. The zero-order chi connectivity index (χ0) is 7.56. The average molecular weight is 217 g/mol. The van der Waals surface area contributed by atoms with Crippen LogP contribution >= 0.6 is 27.5 Å². The molecule has 0 saturated carbocycles. The molecule has 0 aliphatic heterocycles. The van der Waals surface area contributed by atoms with Gasteiger partial charge in [-0.25, -0.2) is 9.97 Å². The first-order valence-electron chi connectivity index (χ1n) is 2.38. The Morgan fingerprint density at radius 2 is 2.40 bits per heavy atom. The molecule has 1 heterocycles. The first kappa shape index (κ1) is 7.52. The molecule has 4 heteroatoms. The summed E-state index contributed by atoms with van der Waals surface area (Å²) in [4.78, 5) is 7.46. The Hall–Kier alpha value is -0.590. The number of aromatic nitrogens is 2. The second kappa shape index (κ2) is 3.00. The van der Waals surface area contributed by atoms with Gasteiger partial charge in [-0.2, -0.15) is 0 Å². The van der Waals surface area contributed by atoms with Crippen molar-refractivity contribution in [3.05, 3.63) is 21.6 Å². The fourth-order valence-electron chi connectivity index (χ4n) is 0.447. The van der Waals surface area contributed by atoms with E-state index in [1.54, 1.807) is 0 Å². The molecule has 0 amide bonds. The minimum Gasteiger partial charge on any atom is -0.225 e. The molecule has 0 saturated heterocycles. The largest absolute Gasteiger partial charge is 0.225 e. The molecule has 0 aromatic carbocycles. The van der Waals surface area contributed by atoms with E-state index in [9.17, 15) is 0 Å². The summed E-state index contributed by atoms with van der Waals surface area (Å²) in [6.45, 7) is 0. The highest BCUT2D eigenvalue weighted by Gasteiger charge is 1.98. The summed E-state index contributed by atoms with van der Waals surface area (Å²) in [5, 5.41) is 0.163. The lowest BCUT2D eigenvalue weighted by Gasteiger charge is -1.92. The maximum atomic E-state index is 5.46. The number of hydrogen-bond acceptors (Lipinski definition) is 2. The lowest BCUT2D eigenvalue weighted by Crippen LogP contribution is -1.87. The van der Waals surface area contributed by atoms with Gasteiger partial charge in [-0.05, 0) is 33.5 Å². The third-order valence-electron chi connectivity index (χ3n) is 0.851. The van der Waals surface area contributed by atoms with Crippen LogP contribution < -0.4 is 0 Å². The Bertz CT molecular complexity index is 292. The summed E-state index contributed by atoms with van der Waals surface area (Å²) >= 11 is 8.62. The van der Waals surface area contributed by atoms with Gasteiger partial charge in [-0.15, -0.1) is 6.42 Å². The van der Waals surface area contributed by atoms with Gasteiger partial charge in [0.1, 0.15) is 5.69 Å². The van der Waals surface area contributed by atoms with Crippen LogP contribution in [-0.2, 0) is 0 Å². The molecule has 1 aromatic heterocycles. The van der Waals surface area contributed by atoms with Gasteiger partial charge in [-0.1, -0.05) is 0 Å². The zero-order valence-electron chi connectivity index (χ0n) is 4.81. The van der Waals surface area contributed by atoms with Crippen LogP contribution in [0.15, 0.2) is 10.7 Å². The summed E-state index contributed by atoms with van der Waals surface area (Å²) in [6, 6.07) is 0. The summed E-state index contributed by atoms with van der Waals surface area (Å²) in [5.41, 5.74) is 0.472. The van der Waals surface area contributed by atoms with Gasteiger partial charge in [-0.3, -0.25) is 0 Å². The van der Waals surface area contributed by atoms with Crippen molar-refractivity contribution in [3.8, 4) is 12.3 Å². The fraction of sp³-hybridized carbons (Fsp3) is 0. The predicted molar refractivity (Wildman–Crippen MR) is 42.7 cm³/mol. The van der Waals surface area contributed by atoms with Crippen molar-refractivity contribution in [1.29, 1.82) is 0 Å². The predicted octanol–water partition coefficient (Wildman–Crippen LogP) is 1.87. The molecule has 0 fully saturated rings. The Kier molecular flexibility index (Phi) is 2.25. The molecule has 50 valence electrons. The Labute approximate surface area is 71.8 Å². The minimum absolute atomic E-state index is 0.163. The molecule has 0 radical (unpaired) electrons. The topological polar surface area (TPSA) is 25.8 Å². The third-order valence-corrected chi connectivity index (χ3v) is 1.61. The molecule has 1 rings (SSSR count). The minimum atomic E-state index is 0.163. The Morgan fingerprint density at radius 3 is 2.90 bits per heavy atom. The highest BCUT2D eigenvalue weighted by Crippen LogP contribution is 2.13. The maximum absolute atomic E-state index is 5.46. The zero-order valence-corrected chi connectivity index (χ0v) is 7.15. The van der Waals surface area contributed by atoms with Gasteiger partial charge in [0.2, 0.25) is 5.28 Å². The normalized spacial score (nSPS) is 8.90. The van der Waals surface area contributed by atoms with E-state index in [-0.39, 0.29) is 5.28 Å². The molecule has 0 atom stereocenters. The standard InChI is InChI=1S/C6H2BrClN2/c1-2-5-4(7)3-9-6(8)10-5/h1,3H. The molecule has 0 aliphatic carbocycles. The monoisotopic (exact) mass is 216 g/mol. The van der Waals surface area contributed by atoms with Crippen molar-refractivity contribution in [2.75, 3.05) is 0 Å². The molecule has 2 nitrogen and oxygen atoms in total. The Balaban J connectivity index is 3.25. The SMILES string of the molecule is C#Cc1nc(Cl)ncc1Br. The average Bonchev–Trinajstić information content (AvgIpc) is 1.94. The van der Waals surface area contributed by atoms with Crippen LogP contribution in [0.3, 0.4) is 0 Å². The first-order valence-corrected chi connectivity index (χ1v) is 3.56. The van der Waals surface area contributed by atoms with Crippen molar-refractivity contribution in [2.45, 2.75) is 0 Å². The van der Waals surface area contributed by atoms with Crippen molar-refractivity contribution in [1.82, 2.24) is 9.97 Å². The summed E-state index contributed by atoms with van der Waals surface area (Å²) in [7, 11) is 0. The summed E-state index contributed by atoms with van der Waals surface area (Å²) < 4.78 is 0.680. The number of terminal acetylenes is 1. The molecule has 0 N–H and O–H groups in total. The van der Waals surface area contributed by atoms with E-state index in [0.717, 1.165) is 0 Å². The smallest absolute Gasteiger partial charge is 0.223 e. The second-order valence-corrected chi connectivity index (χ2v) is 2.67. The summed E-state index contributed by atoms with van der Waals surface area (Å²) in [5.74, 6) is 2.35. The van der Waals surface area contributed by atoms with Crippen LogP contribution in [0.25, 0.3) is 0 Å². The van der Waals surface area contributed by atoms with E-state index < -0.39 is 0 Å². The van der Waals surface area contributed by atoms with Gasteiger partial charge < -0.3 is 0 Å². The van der Waals surface area contributed by atoms with E-state index in [4.69, 9.17) is 18.0 Å². The number of hydrogen-bond donors (Lipinski definition) is 0. The van der Waals surface area contributed by atoms with Gasteiger partial charge in [0.15, 0.2) is 0 Å². The highest BCUT2D eigenvalue weighted by molar-refractivity contribution is 9.10. The molecular weight excluding hydrogens is 215 g/mol. The van der Waals surface area contributed by atoms with E-state index >= 15 is 0 Å². The van der Waals surface area contributed by atoms with Crippen molar-refractivity contribution >= 4 is 27.5 Å². The third kappa shape index (κ3) is 1.47. The number of halogens is 2. The molecule has 1 aromatic rings. The van der Waals surface area contributed by atoms with Crippen molar-refractivity contribution in [2.24, 2.45) is 0 Å². The van der Waals surface area contributed by atoms with Gasteiger partial charge >= 0.3 is 0 Å². The summed E-state index contributed by atoms with van der Waals surface area (Å²) in [6.07, 6.45) is 6.61. The van der Waals surface area contributed by atoms with E-state index in [1.807, 2.05) is 0 Å². The van der Waals surface area contributed by atoms with Gasteiger partial charge in [0, 0.05) is 6.20 Å². The quantitative estimate of drug-likeness (QED) is 0.490. The molecule has 0 bridgehead atoms. The second-order valence-electron chi connectivity index (χ2n) is 1.48. The fourth-order valence-corrected chi connectivity index (χ4v) is 0.886. The number of nitrogens with zero attached hydrogens (tertiary/aromatic N) is 2. The van der Waals surface area contributed by atoms with Crippen LogP contribution in [0.4, 0.5) is 0 Å². The van der Waals surface area contributed by atoms with Crippen molar-refractivity contribution < 1.29 is 0 Å². The molecule has 0 aliphatic rings. The lowest BCUT2D eigenvalue weighted by molar-refractivity contribution is 1.13. The Morgan fingerprint density at radius 1 is 1.70 bits per heavy atom. The van der Waals surface area contributed by atoms with Crippen LogP contribution in [-0.4, -0.2) is 9.97 Å². The van der Waals surface area contributed by atoms with Gasteiger partial charge in [0.05, 0.1) is 4.47 Å². The van der Waals surface area contributed by atoms with Crippen LogP contribution in [0.1, 0.15) is 5.69 Å². The van der Waals surface area contributed by atoms with Crippen LogP contribution in [0.5, 0.6) is 0 Å². The van der Waals surface area contributed by atoms with Crippen LogP contribution in [0, 0.1) is 12.3 Å². The van der Waals surface area contributed by atoms with Crippen LogP contribution in [0.2, 0.25) is 5.28 Å². The molecule has 0 spiro atoms. The first-order chi connectivity index (χ1) is 4.74. The lowest BCUT2D eigenvalue weighted by atomic mass is 10.4. The number of rotatable bonds is 0. The van der Waals surface area contributed by atoms with Crippen molar-refractivity contribution in [3.63, 3.8) is 0 Å². The molecule has 10 heavy (non-hydrogen) atoms. The van der Waals surface area contributed by atoms with E-state index in [1.165, 1.54) is 6.20 Å². The van der Waals surface area contributed by atoms with E-state index in [2.05, 4.69) is 31.8 Å². The van der Waals surface area contributed by atoms with Gasteiger partial charge in [0.25, 0.3) is 0 Å². The molecular formula is C6H2BrClN2. The van der Waals surface area contributed by atoms with E-state index in [0.29, 0.717) is 10.2 Å².